The number of halogens is 2. The van der Waals surface area contributed by atoms with Crippen molar-refractivity contribution in [1.29, 1.82) is 0 Å². The number of para-hydroxylation sites is 1. The molecule has 2 aromatic carbocycles. The first-order chi connectivity index (χ1) is 9.16. The van der Waals surface area contributed by atoms with Crippen LogP contribution in [-0.4, -0.2) is 4.98 Å². The number of pyridine rings is 1. The lowest BCUT2D eigenvalue weighted by Crippen LogP contribution is -2.09. The van der Waals surface area contributed by atoms with Crippen molar-refractivity contribution in [3.05, 3.63) is 67.3 Å². The van der Waals surface area contributed by atoms with Gasteiger partial charge in [0.25, 0.3) is 0 Å². The van der Waals surface area contributed by atoms with Gasteiger partial charge in [0.1, 0.15) is 0 Å². The number of hydrogen-bond acceptors (Lipinski definition) is 1. The smallest absolute Gasteiger partial charge is 0.203 e. The summed E-state index contributed by atoms with van der Waals surface area (Å²) < 4.78 is 0.693. The molecule has 1 aromatic heterocycles. The maximum absolute atomic E-state index is 12.3. The second kappa shape index (κ2) is 4.98. The summed E-state index contributed by atoms with van der Waals surface area (Å²) in [5, 5.41) is 1.39. The molecule has 19 heavy (non-hydrogen) atoms. The van der Waals surface area contributed by atoms with E-state index in [1.54, 1.807) is 0 Å². The van der Waals surface area contributed by atoms with Crippen molar-refractivity contribution in [3.63, 3.8) is 0 Å². The summed E-state index contributed by atoms with van der Waals surface area (Å²) >= 11 is 7.98. The molecule has 0 aliphatic rings. The minimum atomic E-state index is 0.0555. The van der Waals surface area contributed by atoms with E-state index in [4.69, 9.17) is 11.6 Å². The molecule has 0 fully saturated rings. The Balaban J connectivity index is 2.33. The van der Waals surface area contributed by atoms with E-state index in [-0.39, 0.29) is 5.43 Å². The second-order valence-corrected chi connectivity index (χ2v) is 5.71. The van der Waals surface area contributed by atoms with Gasteiger partial charge in [-0.2, -0.15) is 0 Å². The lowest BCUT2D eigenvalue weighted by molar-refractivity contribution is 1.35. The molecule has 0 aliphatic carbocycles. The molecule has 0 amide bonds. The normalized spacial score (nSPS) is 10.8. The average Bonchev–Trinajstić information content (AvgIpc) is 2.44. The third kappa shape index (κ3) is 2.28. The highest BCUT2D eigenvalue weighted by molar-refractivity contribution is 14.1. The number of benzene rings is 2. The average molecular weight is 382 g/mol. The van der Waals surface area contributed by atoms with Crippen LogP contribution in [0.1, 0.15) is 0 Å². The summed E-state index contributed by atoms with van der Waals surface area (Å²) in [5.41, 5.74) is 2.69. The van der Waals surface area contributed by atoms with E-state index in [1.165, 1.54) is 0 Å². The van der Waals surface area contributed by atoms with Crippen LogP contribution in [-0.2, 0) is 0 Å². The molecule has 0 saturated carbocycles. The zero-order valence-electron chi connectivity index (χ0n) is 9.78. The molecule has 0 spiro atoms. The number of fused-ring (bicyclic) bond motifs is 1. The van der Waals surface area contributed by atoms with Gasteiger partial charge in [0.2, 0.25) is 5.43 Å². The SMILES string of the molecule is O=c1c(I)c(-c2ccc(Cl)cc2)[nH]c2ccccc12. The molecule has 1 N–H and O–H groups in total. The first-order valence-corrected chi connectivity index (χ1v) is 7.19. The number of hydrogen-bond donors (Lipinski definition) is 1. The Labute approximate surface area is 128 Å². The molecule has 4 heteroatoms. The van der Waals surface area contributed by atoms with Crippen LogP contribution in [0.5, 0.6) is 0 Å². The zero-order chi connectivity index (χ0) is 13.4. The summed E-state index contributed by atoms with van der Waals surface area (Å²) in [4.78, 5) is 15.7. The highest BCUT2D eigenvalue weighted by Gasteiger charge is 2.10. The molecule has 94 valence electrons. The monoisotopic (exact) mass is 381 g/mol. The van der Waals surface area contributed by atoms with E-state index in [0.717, 1.165) is 16.8 Å². The molecule has 0 atom stereocenters. The van der Waals surface area contributed by atoms with E-state index < -0.39 is 0 Å². The van der Waals surface area contributed by atoms with E-state index in [2.05, 4.69) is 27.6 Å². The van der Waals surface area contributed by atoms with Crippen molar-refractivity contribution in [2.75, 3.05) is 0 Å². The molecule has 0 radical (unpaired) electrons. The number of nitrogens with one attached hydrogen (secondary N) is 1. The quantitative estimate of drug-likeness (QED) is 0.621. The third-order valence-corrected chi connectivity index (χ3v) is 4.26. The Morgan fingerprint density at radius 3 is 2.42 bits per heavy atom. The van der Waals surface area contributed by atoms with E-state index in [1.807, 2.05) is 48.5 Å². The Bertz CT molecular complexity index is 808. The molecule has 0 unspecified atom stereocenters. The maximum atomic E-state index is 12.3. The van der Waals surface area contributed by atoms with Crippen LogP contribution < -0.4 is 5.43 Å². The van der Waals surface area contributed by atoms with Crippen molar-refractivity contribution in [2.24, 2.45) is 0 Å². The van der Waals surface area contributed by atoms with Gasteiger partial charge in [-0.25, -0.2) is 0 Å². The number of H-pyrrole nitrogens is 1. The van der Waals surface area contributed by atoms with Gasteiger partial charge in [-0.15, -0.1) is 0 Å². The topological polar surface area (TPSA) is 32.9 Å². The number of rotatable bonds is 1. The summed E-state index contributed by atoms with van der Waals surface area (Å²) in [6, 6.07) is 15.0. The second-order valence-electron chi connectivity index (χ2n) is 4.20. The fourth-order valence-corrected chi connectivity index (χ4v) is 2.89. The highest BCUT2D eigenvalue weighted by Crippen LogP contribution is 2.24. The Kier molecular flexibility index (Phi) is 3.33. The number of aromatic nitrogens is 1. The van der Waals surface area contributed by atoms with E-state index in [9.17, 15) is 4.79 Å². The van der Waals surface area contributed by atoms with Gasteiger partial charge in [0, 0.05) is 15.9 Å². The first kappa shape index (κ1) is 12.7. The van der Waals surface area contributed by atoms with Gasteiger partial charge in [0.05, 0.1) is 9.26 Å². The van der Waals surface area contributed by atoms with Crippen molar-refractivity contribution >= 4 is 45.1 Å². The maximum Gasteiger partial charge on any atom is 0.203 e. The predicted octanol–water partition coefficient (Wildman–Crippen LogP) is 4.45. The summed E-state index contributed by atoms with van der Waals surface area (Å²) in [6.45, 7) is 0. The molecule has 2 nitrogen and oxygen atoms in total. The molecule has 0 aliphatic heterocycles. The van der Waals surface area contributed by atoms with Crippen LogP contribution in [0.15, 0.2) is 53.3 Å². The van der Waals surface area contributed by atoms with Crippen LogP contribution in [0.4, 0.5) is 0 Å². The van der Waals surface area contributed by atoms with Gasteiger partial charge in [0.15, 0.2) is 0 Å². The zero-order valence-corrected chi connectivity index (χ0v) is 12.7. The van der Waals surface area contributed by atoms with Crippen LogP contribution in [0.25, 0.3) is 22.2 Å². The lowest BCUT2D eigenvalue weighted by atomic mass is 10.1. The lowest BCUT2D eigenvalue weighted by Gasteiger charge is -2.07. The molecule has 0 saturated heterocycles. The minimum absolute atomic E-state index is 0.0555. The van der Waals surface area contributed by atoms with Crippen molar-refractivity contribution in [1.82, 2.24) is 4.98 Å². The van der Waals surface area contributed by atoms with Crippen LogP contribution >= 0.6 is 34.2 Å². The van der Waals surface area contributed by atoms with E-state index >= 15 is 0 Å². The largest absolute Gasteiger partial charge is 0.353 e. The van der Waals surface area contributed by atoms with Gasteiger partial charge >= 0.3 is 0 Å². The van der Waals surface area contributed by atoms with Crippen molar-refractivity contribution in [2.45, 2.75) is 0 Å². The molecule has 3 rings (SSSR count). The Morgan fingerprint density at radius 1 is 1.00 bits per heavy atom. The molecule has 0 bridgehead atoms. The fourth-order valence-electron chi connectivity index (χ4n) is 2.03. The molecule has 1 heterocycles. The summed E-state index contributed by atoms with van der Waals surface area (Å²) in [7, 11) is 0. The fraction of sp³-hybridized carbons (Fsp3) is 0. The molecular weight excluding hydrogens is 373 g/mol. The Hall–Kier alpha value is -1.33. The van der Waals surface area contributed by atoms with Gasteiger partial charge in [-0.1, -0.05) is 35.9 Å². The summed E-state index contributed by atoms with van der Waals surface area (Å²) in [6.07, 6.45) is 0. The molecular formula is C15H9ClINO. The minimum Gasteiger partial charge on any atom is -0.353 e. The van der Waals surface area contributed by atoms with Crippen molar-refractivity contribution < 1.29 is 0 Å². The van der Waals surface area contributed by atoms with Gasteiger partial charge < -0.3 is 4.98 Å². The molecule has 3 aromatic rings. The van der Waals surface area contributed by atoms with Crippen molar-refractivity contribution in [3.8, 4) is 11.3 Å². The Morgan fingerprint density at radius 2 is 1.68 bits per heavy atom. The third-order valence-electron chi connectivity index (χ3n) is 2.98. The highest BCUT2D eigenvalue weighted by atomic mass is 127. The van der Waals surface area contributed by atoms with E-state index in [0.29, 0.717) is 14.0 Å². The van der Waals surface area contributed by atoms with Crippen LogP contribution in [0, 0.1) is 3.57 Å². The summed E-state index contributed by atoms with van der Waals surface area (Å²) in [5.74, 6) is 0. The van der Waals surface area contributed by atoms with Gasteiger partial charge in [-0.3, -0.25) is 4.79 Å². The van der Waals surface area contributed by atoms with Crippen LogP contribution in [0.3, 0.4) is 0 Å². The van der Waals surface area contributed by atoms with Gasteiger partial charge in [-0.05, 0) is 52.4 Å². The predicted molar refractivity (Wildman–Crippen MR) is 87.7 cm³/mol. The standard InChI is InChI=1S/C15H9ClINO/c16-10-7-5-9(6-8-10)14-13(17)15(19)11-3-1-2-4-12(11)18-14/h1-8H,(H,18,19). The first-order valence-electron chi connectivity index (χ1n) is 5.73. The van der Waals surface area contributed by atoms with Crippen LogP contribution in [0.2, 0.25) is 5.02 Å². The number of aromatic amines is 1.